The number of hydrogen-bond donors (Lipinski definition) is 2. The normalized spacial score (nSPS) is 28.8. The number of Topliss-reactive ketones (excluding diaryl/α,β-unsaturated/α-hetero) is 1. The summed E-state index contributed by atoms with van der Waals surface area (Å²) in [6, 6.07) is 7.02. The van der Waals surface area contributed by atoms with Crippen LogP contribution in [0.25, 0.3) is 0 Å². The molecule has 0 aromatic heterocycles. The Morgan fingerprint density at radius 1 is 1.41 bits per heavy atom. The molecule has 4 unspecified atom stereocenters. The van der Waals surface area contributed by atoms with E-state index in [4.69, 9.17) is 22.1 Å². The average Bonchev–Trinajstić information content (AvgIpc) is 2.51. The summed E-state index contributed by atoms with van der Waals surface area (Å²) in [5, 5.41) is 0.736. The fraction of sp³-hybridized carbons (Fsp3) is 0.500. The molecule has 1 fully saturated rings. The van der Waals surface area contributed by atoms with Crippen LogP contribution in [0.1, 0.15) is 18.4 Å². The molecule has 1 aromatic carbocycles. The zero-order valence-corrected chi connectivity index (χ0v) is 13.8. The largest absolute Gasteiger partial charge is 0.468 e. The Morgan fingerprint density at radius 2 is 2.18 bits per heavy atom. The fourth-order valence-corrected chi connectivity index (χ4v) is 3.48. The summed E-state index contributed by atoms with van der Waals surface area (Å²) in [7, 11) is 0. The number of ether oxygens (including phenoxy) is 1. The molecule has 2 aliphatic rings. The minimum Gasteiger partial charge on any atom is -0.468 e. The molecule has 22 heavy (non-hydrogen) atoms. The van der Waals surface area contributed by atoms with Crippen molar-refractivity contribution in [3.8, 4) is 0 Å². The molecule has 1 aromatic rings. The Balaban J connectivity index is 1.84. The van der Waals surface area contributed by atoms with Crippen molar-refractivity contribution in [2.24, 2.45) is 16.6 Å². The van der Waals surface area contributed by atoms with Crippen LogP contribution < -0.4 is 5.73 Å². The van der Waals surface area contributed by atoms with Crippen molar-refractivity contribution in [1.29, 1.82) is 0 Å². The molecular weight excluding hydrogens is 320 g/mol. The third-order valence-electron chi connectivity index (χ3n) is 4.34. The lowest BCUT2D eigenvalue weighted by Crippen LogP contribution is -2.52. The van der Waals surface area contributed by atoms with E-state index in [9.17, 15) is 4.79 Å². The van der Waals surface area contributed by atoms with Crippen molar-refractivity contribution in [3.63, 3.8) is 0 Å². The number of benzene rings is 1. The van der Waals surface area contributed by atoms with Crippen LogP contribution >= 0.6 is 24.2 Å². The van der Waals surface area contributed by atoms with Crippen LogP contribution in [-0.4, -0.2) is 35.6 Å². The highest BCUT2D eigenvalue weighted by molar-refractivity contribution is 7.80. The van der Waals surface area contributed by atoms with Crippen molar-refractivity contribution in [2.45, 2.75) is 37.5 Å². The van der Waals surface area contributed by atoms with Gasteiger partial charge in [0.2, 0.25) is 5.90 Å². The van der Waals surface area contributed by atoms with Gasteiger partial charge < -0.3 is 10.5 Å². The van der Waals surface area contributed by atoms with Crippen LogP contribution in [0, 0.1) is 5.92 Å². The number of nitrogens with zero attached hydrogens (tertiary/aromatic N) is 1. The number of halogens is 1. The first-order valence-electron chi connectivity index (χ1n) is 7.48. The quantitative estimate of drug-likeness (QED) is 0.828. The van der Waals surface area contributed by atoms with Crippen molar-refractivity contribution in [2.75, 3.05) is 5.75 Å². The summed E-state index contributed by atoms with van der Waals surface area (Å²) in [6.45, 7) is 0. The Labute approximate surface area is 140 Å². The van der Waals surface area contributed by atoms with E-state index in [1.807, 2.05) is 24.3 Å². The predicted molar refractivity (Wildman–Crippen MR) is 90.8 cm³/mol. The lowest BCUT2D eigenvalue weighted by molar-refractivity contribution is -0.133. The Bertz CT molecular complexity index is 608. The van der Waals surface area contributed by atoms with Gasteiger partial charge in [-0.05, 0) is 36.8 Å². The maximum Gasteiger partial charge on any atom is 0.203 e. The van der Waals surface area contributed by atoms with Gasteiger partial charge in [0.1, 0.15) is 6.04 Å². The second-order valence-corrected chi connectivity index (χ2v) is 6.62. The first-order chi connectivity index (χ1) is 10.6. The number of ketones is 1. The first-order valence-corrected chi connectivity index (χ1v) is 8.49. The molecule has 1 aliphatic heterocycles. The van der Waals surface area contributed by atoms with Gasteiger partial charge in [-0.3, -0.25) is 4.79 Å². The van der Waals surface area contributed by atoms with E-state index < -0.39 is 6.10 Å². The molecule has 118 valence electrons. The number of fused-ring (bicyclic) bond motifs is 2. The molecule has 4 atom stereocenters. The summed E-state index contributed by atoms with van der Waals surface area (Å²) in [5.41, 5.74) is 7.01. The molecule has 3 rings (SSSR count). The first kappa shape index (κ1) is 15.8. The molecule has 2 N–H and O–H groups in total. The van der Waals surface area contributed by atoms with Gasteiger partial charge in [0, 0.05) is 10.8 Å². The van der Waals surface area contributed by atoms with Crippen LogP contribution in [0.2, 0.25) is 5.02 Å². The minimum absolute atomic E-state index is 0.0680. The lowest BCUT2D eigenvalue weighted by atomic mass is 9.78. The van der Waals surface area contributed by atoms with Crippen LogP contribution in [-0.2, 0) is 16.0 Å². The van der Waals surface area contributed by atoms with Crippen LogP contribution in [0.15, 0.2) is 29.3 Å². The topological polar surface area (TPSA) is 64.7 Å². The molecule has 0 radical (unpaired) electrons. The highest BCUT2D eigenvalue weighted by atomic mass is 35.5. The zero-order chi connectivity index (χ0) is 15.7. The van der Waals surface area contributed by atoms with Crippen LogP contribution in [0.5, 0.6) is 0 Å². The minimum atomic E-state index is -0.397. The molecule has 0 amide bonds. The standard InChI is InChI=1S/C16H19ClN2O2S/c17-11-4-2-1-3-9(11)7-10-5-6-13-15(20)14(10)19-16(21-13)12(18)8-22/h1-4,10,12-14,22H,5-8,18H2. The van der Waals surface area contributed by atoms with Gasteiger partial charge in [-0.1, -0.05) is 29.8 Å². The van der Waals surface area contributed by atoms with Crippen molar-refractivity contribution in [3.05, 3.63) is 34.9 Å². The van der Waals surface area contributed by atoms with Gasteiger partial charge in [-0.2, -0.15) is 12.6 Å². The van der Waals surface area contributed by atoms with E-state index in [2.05, 4.69) is 17.6 Å². The number of carbonyl (C=O) groups excluding carboxylic acids is 1. The Kier molecular flexibility index (Phi) is 4.76. The van der Waals surface area contributed by atoms with E-state index in [1.165, 1.54) is 0 Å². The molecular formula is C16H19ClN2O2S. The predicted octanol–water partition coefficient (Wildman–Crippen LogP) is 2.28. The van der Waals surface area contributed by atoms with Gasteiger partial charge in [-0.15, -0.1) is 0 Å². The zero-order valence-electron chi connectivity index (χ0n) is 12.1. The van der Waals surface area contributed by atoms with Gasteiger partial charge in [0.15, 0.2) is 11.9 Å². The van der Waals surface area contributed by atoms with Crippen molar-refractivity contribution in [1.82, 2.24) is 0 Å². The monoisotopic (exact) mass is 338 g/mol. The molecule has 2 bridgehead atoms. The van der Waals surface area contributed by atoms with Gasteiger partial charge >= 0.3 is 0 Å². The molecule has 1 aliphatic carbocycles. The van der Waals surface area contributed by atoms with Gasteiger partial charge in [0.05, 0.1) is 6.04 Å². The number of thiol groups is 1. The number of carbonyl (C=O) groups is 1. The van der Waals surface area contributed by atoms with Gasteiger partial charge in [-0.25, -0.2) is 4.99 Å². The number of hydrogen-bond acceptors (Lipinski definition) is 5. The maximum atomic E-state index is 12.4. The molecule has 0 spiro atoms. The summed E-state index contributed by atoms with van der Waals surface area (Å²) >= 11 is 10.4. The van der Waals surface area contributed by atoms with Crippen LogP contribution in [0.3, 0.4) is 0 Å². The lowest BCUT2D eigenvalue weighted by Gasteiger charge is -2.38. The summed E-state index contributed by atoms with van der Waals surface area (Å²) in [6.07, 6.45) is 1.96. The molecule has 4 nitrogen and oxygen atoms in total. The average molecular weight is 339 g/mol. The van der Waals surface area contributed by atoms with Gasteiger partial charge in [0.25, 0.3) is 0 Å². The SMILES string of the molecule is NC(CS)C1=NC2C(=O)C(CCC2Cc2ccccc2Cl)O1. The number of nitrogens with two attached hydrogens (primary N) is 1. The van der Waals surface area contributed by atoms with E-state index in [0.717, 1.165) is 23.4 Å². The number of rotatable bonds is 4. The third-order valence-corrected chi connectivity index (χ3v) is 5.10. The summed E-state index contributed by atoms with van der Waals surface area (Å²) in [5.74, 6) is 1.13. The Morgan fingerprint density at radius 3 is 2.91 bits per heavy atom. The summed E-state index contributed by atoms with van der Waals surface area (Å²) in [4.78, 5) is 16.9. The van der Waals surface area contributed by atoms with E-state index in [-0.39, 0.29) is 23.8 Å². The molecule has 6 heteroatoms. The third kappa shape index (κ3) is 3.03. The second-order valence-electron chi connectivity index (χ2n) is 5.84. The summed E-state index contributed by atoms with van der Waals surface area (Å²) < 4.78 is 5.64. The smallest absolute Gasteiger partial charge is 0.203 e. The maximum absolute atomic E-state index is 12.4. The number of aliphatic imine (C=N–C) groups is 1. The van der Waals surface area contributed by atoms with E-state index >= 15 is 0 Å². The molecule has 1 saturated carbocycles. The fourth-order valence-electron chi connectivity index (χ4n) is 3.11. The Hall–Kier alpha value is -1.04. The van der Waals surface area contributed by atoms with Crippen molar-refractivity contribution < 1.29 is 9.53 Å². The highest BCUT2D eigenvalue weighted by Gasteiger charge is 2.43. The molecule has 1 heterocycles. The molecule has 0 saturated heterocycles. The van der Waals surface area contributed by atoms with Crippen molar-refractivity contribution >= 4 is 35.9 Å². The van der Waals surface area contributed by atoms with E-state index in [0.29, 0.717) is 18.1 Å². The highest BCUT2D eigenvalue weighted by Crippen LogP contribution is 2.34. The van der Waals surface area contributed by atoms with E-state index in [1.54, 1.807) is 0 Å². The van der Waals surface area contributed by atoms with Crippen LogP contribution in [0.4, 0.5) is 0 Å². The second kappa shape index (κ2) is 6.60.